The quantitative estimate of drug-likeness (QED) is 0.487. The zero-order valence-electron chi connectivity index (χ0n) is 12.2. The highest BCUT2D eigenvalue weighted by atomic mass is 19.4. The fourth-order valence-electron chi connectivity index (χ4n) is 1.78. The second-order valence-electron chi connectivity index (χ2n) is 5.40. The zero-order chi connectivity index (χ0) is 17.2. The summed E-state index contributed by atoms with van der Waals surface area (Å²) >= 11 is 0. The standard InChI is InChI=1S/C14H17F3O5/c1-9(2)11(19)21-8-10(18)22-12(3)4-6-13(20,7-5-12)14(15,16)17/h4,6,20H,1,5,7-8H2,2-3H3. The van der Waals surface area contributed by atoms with Crippen molar-refractivity contribution in [1.29, 1.82) is 0 Å². The first-order chi connectivity index (χ1) is 9.89. The molecular formula is C14H17F3O5. The first-order valence-corrected chi connectivity index (χ1v) is 6.42. The van der Waals surface area contributed by atoms with Gasteiger partial charge >= 0.3 is 18.1 Å². The number of ether oxygens (including phenoxy) is 2. The lowest BCUT2D eigenvalue weighted by atomic mass is 9.82. The van der Waals surface area contributed by atoms with Crippen LogP contribution in [0.5, 0.6) is 0 Å². The second-order valence-corrected chi connectivity index (χ2v) is 5.40. The molecule has 0 saturated carbocycles. The van der Waals surface area contributed by atoms with Crippen LogP contribution in [0.25, 0.3) is 0 Å². The normalized spacial score (nSPS) is 28.1. The molecule has 22 heavy (non-hydrogen) atoms. The van der Waals surface area contributed by atoms with E-state index in [1.165, 1.54) is 13.8 Å². The van der Waals surface area contributed by atoms with Gasteiger partial charge in [-0.15, -0.1) is 0 Å². The van der Waals surface area contributed by atoms with E-state index in [1.54, 1.807) is 0 Å². The third-order valence-electron chi connectivity index (χ3n) is 3.22. The van der Waals surface area contributed by atoms with Gasteiger partial charge in [-0.25, -0.2) is 9.59 Å². The number of rotatable bonds is 4. The molecule has 0 aromatic rings. The third-order valence-corrected chi connectivity index (χ3v) is 3.22. The minimum absolute atomic E-state index is 0.104. The Bertz CT molecular complexity index is 511. The van der Waals surface area contributed by atoms with Crippen LogP contribution in [0.2, 0.25) is 0 Å². The maximum Gasteiger partial charge on any atom is 0.420 e. The Balaban J connectivity index is 2.64. The van der Waals surface area contributed by atoms with Gasteiger partial charge in [0.05, 0.1) is 0 Å². The molecule has 0 aliphatic heterocycles. The molecule has 0 spiro atoms. The van der Waals surface area contributed by atoms with Crippen LogP contribution in [0, 0.1) is 0 Å². The van der Waals surface area contributed by atoms with Crippen molar-refractivity contribution >= 4 is 11.9 Å². The van der Waals surface area contributed by atoms with Crippen LogP contribution in [0.4, 0.5) is 13.2 Å². The van der Waals surface area contributed by atoms with E-state index in [-0.39, 0.29) is 12.0 Å². The van der Waals surface area contributed by atoms with Gasteiger partial charge in [-0.3, -0.25) is 0 Å². The average Bonchev–Trinajstić information content (AvgIpc) is 2.38. The molecule has 8 heteroatoms. The van der Waals surface area contributed by atoms with Crippen molar-refractivity contribution in [2.24, 2.45) is 0 Å². The lowest BCUT2D eigenvalue weighted by molar-refractivity contribution is -0.247. The molecule has 0 amide bonds. The molecule has 2 unspecified atom stereocenters. The van der Waals surface area contributed by atoms with E-state index in [0.717, 1.165) is 6.08 Å². The average molecular weight is 322 g/mol. The Morgan fingerprint density at radius 1 is 1.32 bits per heavy atom. The van der Waals surface area contributed by atoms with Crippen molar-refractivity contribution < 1.29 is 37.3 Å². The van der Waals surface area contributed by atoms with Crippen molar-refractivity contribution in [3.63, 3.8) is 0 Å². The molecule has 1 aliphatic carbocycles. The van der Waals surface area contributed by atoms with Crippen molar-refractivity contribution in [2.45, 2.75) is 44.1 Å². The second kappa shape index (κ2) is 6.12. The van der Waals surface area contributed by atoms with Gasteiger partial charge in [0.25, 0.3) is 0 Å². The third kappa shape index (κ3) is 4.33. The highest BCUT2D eigenvalue weighted by molar-refractivity contribution is 5.88. The van der Waals surface area contributed by atoms with Gasteiger partial charge in [0.1, 0.15) is 5.60 Å². The fourth-order valence-corrected chi connectivity index (χ4v) is 1.78. The summed E-state index contributed by atoms with van der Waals surface area (Å²) in [5.41, 5.74) is -4.12. The van der Waals surface area contributed by atoms with Crippen molar-refractivity contribution in [3.05, 3.63) is 24.3 Å². The Morgan fingerprint density at radius 2 is 1.91 bits per heavy atom. The number of hydrogen-bond donors (Lipinski definition) is 1. The van der Waals surface area contributed by atoms with Crippen LogP contribution in [-0.4, -0.2) is 41.0 Å². The molecule has 0 saturated heterocycles. The summed E-state index contributed by atoms with van der Waals surface area (Å²) in [6, 6.07) is 0. The topological polar surface area (TPSA) is 72.8 Å². The molecule has 1 aliphatic rings. The maximum atomic E-state index is 12.7. The number of alkyl halides is 3. The summed E-state index contributed by atoms with van der Waals surface area (Å²) in [6.07, 6.45) is -4.10. The van der Waals surface area contributed by atoms with Crippen LogP contribution in [0.15, 0.2) is 24.3 Å². The number of esters is 2. The van der Waals surface area contributed by atoms with Crippen LogP contribution in [0.1, 0.15) is 26.7 Å². The van der Waals surface area contributed by atoms with Gasteiger partial charge in [0.2, 0.25) is 0 Å². The van der Waals surface area contributed by atoms with E-state index in [2.05, 4.69) is 11.3 Å². The summed E-state index contributed by atoms with van der Waals surface area (Å²) in [5, 5.41) is 9.48. The van der Waals surface area contributed by atoms with Gasteiger partial charge in [0, 0.05) is 5.57 Å². The highest BCUT2D eigenvalue weighted by Crippen LogP contribution is 2.41. The Hall–Kier alpha value is -1.83. The molecule has 0 heterocycles. The molecule has 0 fully saturated rings. The van der Waals surface area contributed by atoms with Crippen LogP contribution >= 0.6 is 0 Å². The number of carbonyl (C=O) groups is 2. The summed E-state index contributed by atoms with van der Waals surface area (Å²) in [7, 11) is 0. The summed E-state index contributed by atoms with van der Waals surface area (Å²) < 4.78 is 47.5. The molecule has 2 atom stereocenters. The predicted molar refractivity (Wildman–Crippen MR) is 69.6 cm³/mol. The van der Waals surface area contributed by atoms with E-state index < -0.39 is 42.3 Å². The molecular weight excluding hydrogens is 305 g/mol. The molecule has 0 aromatic heterocycles. The van der Waals surface area contributed by atoms with Gasteiger partial charge in [-0.1, -0.05) is 6.58 Å². The lowest BCUT2D eigenvalue weighted by Gasteiger charge is -2.37. The summed E-state index contributed by atoms with van der Waals surface area (Å²) in [4.78, 5) is 22.7. The Labute approximate surface area is 125 Å². The van der Waals surface area contributed by atoms with Crippen LogP contribution in [0.3, 0.4) is 0 Å². The van der Waals surface area contributed by atoms with E-state index in [1.807, 2.05) is 0 Å². The Morgan fingerprint density at radius 3 is 2.32 bits per heavy atom. The SMILES string of the molecule is C=C(C)C(=O)OCC(=O)OC1(C)C=CC(O)(C(F)(F)F)CC1. The minimum Gasteiger partial charge on any atom is -0.453 e. The maximum absolute atomic E-state index is 12.7. The van der Waals surface area contributed by atoms with Gasteiger partial charge < -0.3 is 14.6 Å². The molecule has 0 radical (unpaired) electrons. The van der Waals surface area contributed by atoms with Gasteiger partial charge in [-0.2, -0.15) is 13.2 Å². The van der Waals surface area contributed by atoms with E-state index in [4.69, 9.17) is 4.74 Å². The predicted octanol–water partition coefficient (Wildman–Crippen LogP) is 2.05. The number of halogens is 3. The molecule has 0 bridgehead atoms. The highest BCUT2D eigenvalue weighted by Gasteiger charge is 2.54. The fraction of sp³-hybridized carbons (Fsp3) is 0.571. The molecule has 5 nitrogen and oxygen atoms in total. The largest absolute Gasteiger partial charge is 0.453 e. The smallest absolute Gasteiger partial charge is 0.420 e. The first kappa shape index (κ1) is 18.2. The number of hydrogen-bond acceptors (Lipinski definition) is 5. The molecule has 124 valence electrons. The molecule has 1 N–H and O–H groups in total. The zero-order valence-corrected chi connectivity index (χ0v) is 12.2. The monoisotopic (exact) mass is 322 g/mol. The summed E-state index contributed by atoms with van der Waals surface area (Å²) in [5.74, 6) is -1.67. The van der Waals surface area contributed by atoms with E-state index in [0.29, 0.717) is 6.08 Å². The van der Waals surface area contributed by atoms with Crippen molar-refractivity contribution in [2.75, 3.05) is 6.61 Å². The van der Waals surface area contributed by atoms with Gasteiger partial charge in [-0.05, 0) is 38.8 Å². The van der Waals surface area contributed by atoms with Crippen LogP contribution < -0.4 is 0 Å². The van der Waals surface area contributed by atoms with E-state index in [9.17, 15) is 27.9 Å². The van der Waals surface area contributed by atoms with Gasteiger partial charge in [0.15, 0.2) is 12.2 Å². The number of carbonyl (C=O) groups excluding carboxylic acids is 2. The number of aliphatic hydroxyl groups is 1. The van der Waals surface area contributed by atoms with Crippen LogP contribution in [-0.2, 0) is 19.1 Å². The Kier molecular flexibility index (Phi) is 5.06. The summed E-state index contributed by atoms with van der Waals surface area (Å²) in [6.45, 7) is 5.46. The minimum atomic E-state index is -4.80. The lowest BCUT2D eigenvalue weighted by Crippen LogP contribution is -2.48. The molecule has 0 aromatic carbocycles. The van der Waals surface area contributed by atoms with E-state index >= 15 is 0 Å². The van der Waals surface area contributed by atoms with Crippen molar-refractivity contribution in [3.8, 4) is 0 Å². The van der Waals surface area contributed by atoms with Crippen molar-refractivity contribution in [1.82, 2.24) is 0 Å². The first-order valence-electron chi connectivity index (χ1n) is 6.42. The molecule has 1 rings (SSSR count).